The Kier molecular flexibility index (Phi) is 9.45. The lowest BCUT2D eigenvalue weighted by Crippen LogP contribution is -2.01. The number of hydrogen-bond donors (Lipinski definition) is 0. The molecule has 0 aliphatic carbocycles. The maximum atomic E-state index is 3.54. The van der Waals surface area contributed by atoms with Crippen LogP contribution < -0.4 is 0 Å². The lowest BCUT2D eigenvalue weighted by atomic mass is 9.91. The van der Waals surface area contributed by atoms with E-state index < -0.39 is 0 Å². The van der Waals surface area contributed by atoms with Crippen molar-refractivity contribution < 1.29 is 0 Å². The number of rotatable bonds is 11. The van der Waals surface area contributed by atoms with Gasteiger partial charge in [0.15, 0.2) is 0 Å². The SMILES string of the molecule is CCCCCCCc1[c]ccc(CCC)c1CCCC. The highest BCUT2D eigenvalue weighted by atomic mass is 14.1. The van der Waals surface area contributed by atoms with Crippen LogP contribution in [0.5, 0.6) is 0 Å². The molecule has 0 fully saturated rings. The molecule has 0 spiro atoms. The van der Waals surface area contributed by atoms with Crippen LogP contribution in [0.15, 0.2) is 12.1 Å². The van der Waals surface area contributed by atoms with Gasteiger partial charge in [0, 0.05) is 0 Å². The largest absolute Gasteiger partial charge is 0.0654 e. The van der Waals surface area contributed by atoms with E-state index in [1.165, 1.54) is 76.2 Å². The van der Waals surface area contributed by atoms with Crippen molar-refractivity contribution >= 4 is 0 Å². The number of hydrogen-bond acceptors (Lipinski definition) is 0. The van der Waals surface area contributed by atoms with Crippen molar-refractivity contribution in [3.63, 3.8) is 0 Å². The highest BCUT2D eigenvalue weighted by Gasteiger charge is 2.07. The molecule has 113 valence electrons. The van der Waals surface area contributed by atoms with Crippen molar-refractivity contribution in [1.29, 1.82) is 0 Å². The van der Waals surface area contributed by atoms with Crippen molar-refractivity contribution in [2.45, 2.75) is 91.4 Å². The summed E-state index contributed by atoms with van der Waals surface area (Å²) in [7, 11) is 0. The molecular weight excluding hydrogens is 240 g/mol. The predicted octanol–water partition coefficient (Wildman–Crippen LogP) is 6.29. The fourth-order valence-electron chi connectivity index (χ4n) is 2.92. The van der Waals surface area contributed by atoms with Crippen molar-refractivity contribution in [3.8, 4) is 0 Å². The van der Waals surface area contributed by atoms with E-state index in [9.17, 15) is 0 Å². The topological polar surface area (TPSA) is 0 Å². The molecule has 0 amide bonds. The van der Waals surface area contributed by atoms with Gasteiger partial charge in [0.1, 0.15) is 0 Å². The van der Waals surface area contributed by atoms with Gasteiger partial charge in [-0.2, -0.15) is 0 Å². The van der Waals surface area contributed by atoms with Gasteiger partial charge in [-0.15, -0.1) is 0 Å². The standard InChI is InChI=1S/C20H33/c1-4-7-9-10-11-14-19-16-12-15-18(13-6-3)20(19)17-8-5-2/h12,15H,4-11,13-14,17H2,1-3H3. The number of unbranched alkanes of at least 4 members (excludes halogenated alkanes) is 5. The van der Waals surface area contributed by atoms with Crippen molar-refractivity contribution in [1.82, 2.24) is 0 Å². The zero-order chi connectivity index (χ0) is 14.6. The quantitative estimate of drug-likeness (QED) is 0.415. The van der Waals surface area contributed by atoms with Crippen LogP contribution in [0.25, 0.3) is 0 Å². The molecule has 1 aromatic rings. The molecule has 0 bridgehead atoms. The fourth-order valence-corrected chi connectivity index (χ4v) is 2.92. The van der Waals surface area contributed by atoms with E-state index >= 15 is 0 Å². The molecule has 0 heterocycles. The molecular formula is C20H33. The third kappa shape index (κ3) is 6.11. The maximum Gasteiger partial charge on any atom is -0.0146 e. The van der Waals surface area contributed by atoms with Gasteiger partial charge in [0.05, 0.1) is 0 Å². The van der Waals surface area contributed by atoms with Gasteiger partial charge < -0.3 is 0 Å². The summed E-state index contributed by atoms with van der Waals surface area (Å²) in [5.74, 6) is 0. The summed E-state index contributed by atoms with van der Waals surface area (Å²) in [5, 5.41) is 0. The fraction of sp³-hybridized carbons (Fsp3) is 0.700. The predicted molar refractivity (Wildman–Crippen MR) is 90.3 cm³/mol. The molecule has 1 radical (unpaired) electrons. The zero-order valence-electron chi connectivity index (χ0n) is 13.9. The highest BCUT2D eigenvalue weighted by Crippen LogP contribution is 2.21. The van der Waals surface area contributed by atoms with Gasteiger partial charge in [-0.05, 0) is 54.9 Å². The molecule has 0 saturated heterocycles. The summed E-state index contributed by atoms with van der Waals surface area (Å²) in [6.45, 7) is 6.85. The van der Waals surface area contributed by atoms with E-state index in [1.54, 1.807) is 11.1 Å². The molecule has 1 aromatic carbocycles. The Bertz CT molecular complexity index is 351. The van der Waals surface area contributed by atoms with E-state index in [1.807, 2.05) is 0 Å². The summed E-state index contributed by atoms with van der Waals surface area (Å²) < 4.78 is 0. The van der Waals surface area contributed by atoms with Crippen LogP contribution in [0.3, 0.4) is 0 Å². The lowest BCUT2D eigenvalue weighted by Gasteiger charge is -2.14. The summed E-state index contributed by atoms with van der Waals surface area (Å²) in [4.78, 5) is 0. The number of benzene rings is 1. The molecule has 0 heteroatoms. The first-order chi connectivity index (χ1) is 9.83. The van der Waals surface area contributed by atoms with Gasteiger partial charge in [-0.1, -0.05) is 71.4 Å². The average Bonchev–Trinajstić information content (AvgIpc) is 2.46. The Morgan fingerprint density at radius 1 is 0.750 bits per heavy atom. The van der Waals surface area contributed by atoms with Gasteiger partial charge in [-0.3, -0.25) is 0 Å². The minimum atomic E-state index is 1.23. The first-order valence-corrected chi connectivity index (χ1v) is 8.84. The van der Waals surface area contributed by atoms with Crippen molar-refractivity contribution in [3.05, 3.63) is 34.9 Å². The third-order valence-electron chi connectivity index (χ3n) is 4.12. The Morgan fingerprint density at radius 3 is 2.20 bits per heavy atom. The summed E-state index contributed by atoms with van der Waals surface area (Å²) >= 11 is 0. The molecule has 0 aliphatic rings. The Hall–Kier alpha value is -0.780. The van der Waals surface area contributed by atoms with Crippen LogP contribution in [-0.4, -0.2) is 0 Å². The second-order valence-corrected chi connectivity index (χ2v) is 5.98. The van der Waals surface area contributed by atoms with Gasteiger partial charge in [0.2, 0.25) is 0 Å². The van der Waals surface area contributed by atoms with Crippen LogP contribution in [0.2, 0.25) is 0 Å². The van der Waals surface area contributed by atoms with E-state index in [0.717, 1.165) is 0 Å². The molecule has 0 atom stereocenters. The first kappa shape index (κ1) is 17.3. The van der Waals surface area contributed by atoms with Crippen LogP contribution in [0, 0.1) is 6.07 Å². The summed E-state index contributed by atoms with van der Waals surface area (Å²) in [6, 6.07) is 7.99. The molecule has 0 aromatic heterocycles. The molecule has 0 saturated carbocycles. The maximum absolute atomic E-state index is 3.54. The Labute approximate surface area is 127 Å². The Balaban J connectivity index is 2.64. The van der Waals surface area contributed by atoms with E-state index in [0.29, 0.717) is 0 Å². The lowest BCUT2D eigenvalue weighted by molar-refractivity contribution is 0.629. The van der Waals surface area contributed by atoms with Crippen molar-refractivity contribution in [2.24, 2.45) is 0 Å². The first-order valence-electron chi connectivity index (χ1n) is 8.84. The second kappa shape index (κ2) is 10.9. The summed E-state index contributed by atoms with van der Waals surface area (Å²) in [6.07, 6.45) is 14.4. The minimum Gasteiger partial charge on any atom is -0.0654 e. The van der Waals surface area contributed by atoms with E-state index in [-0.39, 0.29) is 0 Å². The molecule has 1 rings (SSSR count). The van der Waals surface area contributed by atoms with E-state index in [4.69, 9.17) is 0 Å². The minimum absolute atomic E-state index is 1.23. The monoisotopic (exact) mass is 273 g/mol. The van der Waals surface area contributed by atoms with Crippen LogP contribution >= 0.6 is 0 Å². The highest BCUT2D eigenvalue weighted by molar-refractivity contribution is 5.35. The second-order valence-electron chi connectivity index (χ2n) is 5.98. The Morgan fingerprint density at radius 2 is 1.50 bits per heavy atom. The molecule has 0 nitrogen and oxygen atoms in total. The molecule has 0 aliphatic heterocycles. The van der Waals surface area contributed by atoms with Crippen LogP contribution in [0.4, 0.5) is 0 Å². The van der Waals surface area contributed by atoms with E-state index in [2.05, 4.69) is 39.0 Å². The van der Waals surface area contributed by atoms with Crippen molar-refractivity contribution in [2.75, 3.05) is 0 Å². The average molecular weight is 273 g/mol. The molecule has 0 N–H and O–H groups in total. The smallest absolute Gasteiger partial charge is 0.0146 e. The van der Waals surface area contributed by atoms with Gasteiger partial charge >= 0.3 is 0 Å². The number of aryl methyl sites for hydroxylation is 2. The zero-order valence-corrected chi connectivity index (χ0v) is 13.9. The van der Waals surface area contributed by atoms with Crippen LogP contribution in [-0.2, 0) is 19.3 Å². The summed E-state index contributed by atoms with van der Waals surface area (Å²) in [5.41, 5.74) is 4.73. The van der Waals surface area contributed by atoms with Gasteiger partial charge in [0.25, 0.3) is 0 Å². The molecule has 20 heavy (non-hydrogen) atoms. The van der Waals surface area contributed by atoms with Gasteiger partial charge in [-0.25, -0.2) is 0 Å². The normalized spacial score (nSPS) is 10.9. The molecule has 0 unspecified atom stereocenters. The third-order valence-corrected chi connectivity index (χ3v) is 4.12. The van der Waals surface area contributed by atoms with Crippen LogP contribution in [0.1, 0.15) is 88.8 Å².